The van der Waals surface area contributed by atoms with Crippen molar-refractivity contribution in [3.8, 4) is 0 Å². The summed E-state index contributed by atoms with van der Waals surface area (Å²) >= 11 is 0. The van der Waals surface area contributed by atoms with E-state index in [0.29, 0.717) is 0 Å². The number of ether oxygens (including phenoxy) is 1. The highest BCUT2D eigenvalue weighted by Crippen LogP contribution is 2.25. The fraction of sp³-hybridized carbons (Fsp3) is 0.778. The molecule has 5 heteroatoms. The lowest BCUT2D eigenvalue weighted by atomic mass is 10.2. The van der Waals surface area contributed by atoms with E-state index in [9.17, 15) is 8.78 Å². The molecule has 3 unspecified atom stereocenters. The summed E-state index contributed by atoms with van der Waals surface area (Å²) in [5.41, 5.74) is 0. The first kappa shape index (κ1) is 11.4. The van der Waals surface area contributed by atoms with Crippen LogP contribution in [0.4, 0.5) is 8.78 Å². The summed E-state index contributed by atoms with van der Waals surface area (Å²) in [4.78, 5) is 1.34. The van der Waals surface area contributed by atoms with Gasteiger partial charge in [-0.05, 0) is 6.92 Å². The SMILES string of the molecule is C/C(F)=C\N(C)C1OC(CO)CC1F. The maximum atomic E-state index is 13.3. The van der Waals surface area contributed by atoms with E-state index in [0.717, 1.165) is 0 Å². The second-order valence-electron chi connectivity index (χ2n) is 3.46. The molecule has 1 aliphatic rings. The molecule has 1 rings (SSSR count). The third kappa shape index (κ3) is 2.65. The molecular formula is C9H15F2NO2. The Morgan fingerprint density at radius 1 is 1.71 bits per heavy atom. The molecule has 1 N–H and O–H groups in total. The lowest BCUT2D eigenvalue weighted by molar-refractivity contribution is -0.0581. The molecular weight excluding hydrogens is 192 g/mol. The Morgan fingerprint density at radius 3 is 2.79 bits per heavy atom. The van der Waals surface area contributed by atoms with E-state index < -0.39 is 24.3 Å². The molecule has 0 bridgehead atoms. The largest absolute Gasteiger partial charge is 0.394 e. The highest BCUT2D eigenvalue weighted by Gasteiger charge is 2.36. The Kier molecular flexibility index (Phi) is 3.83. The first-order chi connectivity index (χ1) is 6.54. The van der Waals surface area contributed by atoms with Crippen LogP contribution in [0.3, 0.4) is 0 Å². The molecule has 0 amide bonds. The van der Waals surface area contributed by atoms with Gasteiger partial charge in [-0.1, -0.05) is 0 Å². The Morgan fingerprint density at radius 2 is 2.36 bits per heavy atom. The van der Waals surface area contributed by atoms with Crippen molar-refractivity contribution >= 4 is 0 Å². The van der Waals surface area contributed by atoms with Gasteiger partial charge >= 0.3 is 0 Å². The minimum Gasteiger partial charge on any atom is -0.394 e. The molecule has 3 atom stereocenters. The van der Waals surface area contributed by atoms with Crippen LogP contribution >= 0.6 is 0 Å². The highest BCUT2D eigenvalue weighted by molar-refractivity contribution is 4.91. The summed E-state index contributed by atoms with van der Waals surface area (Å²) in [6, 6.07) is 0. The zero-order valence-corrected chi connectivity index (χ0v) is 8.28. The predicted octanol–water partition coefficient (Wildman–Crippen LogP) is 1.19. The minimum absolute atomic E-state index is 0.157. The van der Waals surface area contributed by atoms with E-state index in [-0.39, 0.29) is 13.0 Å². The topological polar surface area (TPSA) is 32.7 Å². The first-order valence-corrected chi connectivity index (χ1v) is 4.51. The summed E-state index contributed by atoms with van der Waals surface area (Å²) in [5.74, 6) is -0.407. The molecule has 14 heavy (non-hydrogen) atoms. The zero-order chi connectivity index (χ0) is 10.7. The van der Waals surface area contributed by atoms with Crippen molar-refractivity contribution in [1.29, 1.82) is 0 Å². The van der Waals surface area contributed by atoms with Gasteiger partial charge in [0, 0.05) is 19.7 Å². The Bertz CT molecular complexity index is 219. The molecule has 0 aliphatic carbocycles. The first-order valence-electron chi connectivity index (χ1n) is 4.51. The van der Waals surface area contributed by atoms with E-state index in [1.807, 2.05) is 0 Å². The van der Waals surface area contributed by atoms with Crippen molar-refractivity contribution in [1.82, 2.24) is 4.90 Å². The molecule has 1 aliphatic heterocycles. The summed E-state index contributed by atoms with van der Waals surface area (Å²) < 4.78 is 31.0. The van der Waals surface area contributed by atoms with Crippen LogP contribution in [-0.2, 0) is 4.74 Å². The minimum atomic E-state index is -1.19. The number of allylic oxidation sites excluding steroid dienone is 1. The highest BCUT2D eigenvalue weighted by atomic mass is 19.1. The number of aliphatic hydroxyl groups is 1. The van der Waals surface area contributed by atoms with Gasteiger partial charge in [-0.25, -0.2) is 8.78 Å². The van der Waals surface area contributed by atoms with Crippen molar-refractivity contribution in [3.05, 3.63) is 12.0 Å². The number of nitrogens with zero attached hydrogens (tertiary/aromatic N) is 1. The van der Waals surface area contributed by atoms with Crippen LogP contribution < -0.4 is 0 Å². The Balaban J connectivity index is 2.56. The second-order valence-corrected chi connectivity index (χ2v) is 3.46. The van der Waals surface area contributed by atoms with Crippen molar-refractivity contribution in [2.75, 3.05) is 13.7 Å². The zero-order valence-electron chi connectivity index (χ0n) is 8.28. The van der Waals surface area contributed by atoms with Crippen molar-refractivity contribution < 1.29 is 18.6 Å². The average molecular weight is 207 g/mol. The van der Waals surface area contributed by atoms with Gasteiger partial charge in [0.2, 0.25) is 0 Å². The molecule has 0 aromatic carbocycles. The fourth-order valence-corrected chi connectivity index (χ4v) is 1.53. The summed E-state index contributed by atoms with van der Waals surface area (Å²) in [5, 5.41) is 8.77. The molecule has 0 aromatic rings. The Labute approximate surface area is 82.0 Å². The normalized spacial score (nSPS) is 33.5. The molecule has 82 valence electrons. The number of hydrogen-bond acceptors (Lipinski definition) is 3. The van der Waals surface area contributed by atoms with Crippen molar-refractivity contribution in [2.24, 2.45) is 0 Å². The standard InChI is InChI=1S/C9H15F2NO2/c1-6(10)4-12(2)9-8(11)3-7(5-13)14-9/h4,7-9,13H,3,5H2,1-2H3/b6-4+. The van der Waals surface area contributed by atoms with E-state index in [2.05, 4.69) is 0 Å². The molecule has 0 saturated carbocycles. The van der Waals surface area contributed by atoms with Gasteiger partial charge in [-0.3, -0.25) is 0 Å². The van der Waals surface area contributed by atoms with Gasteiger partial charge in [0.1, 0.15) is 12.0 Å². The molecule has 1 fully saturated rings. The number of halogens is 2. The second kappa shape index (κ2) is 4.70. The predicted molar refractivity (Wildman–Crippen MR) is 47.9 cm³/mol. The van der Waals surface area contributed by atoms with E-state index in [1.165, 1.54) is 18.0 Å². The number of hydrogen-bond donors (Lipinski definition) is 1. The third-order valence-corrected chi connectivity index (χ3v) is 2.12. The van der Waals surface area contributed by atoms with Crippen LogP contribution in [0.5, 0.6) is 0 Å². The maximum absolute atomic E-state index is 13.3. The maximum Gasteiger partial charge on any atom is 0.161 e. The van der Waals surface area contributed by atoms with Gasteiger partial charge in [0.05, 0.1) is 12.7 Å². The summed E-state index contributed by atoms with van der Waals surface area (Å²) in [6.45, 7) is 1.07. The van der Waals surface area contributed by atoms with Crippen LogP contribution in [0.1, 0.15) is 13.3 Å². The van der Waals surface area contributed by atoms with Crippen LogP contribution in [0, 0.1) is 0 Å². The van der Waals surface area contributed by atoms with Crippen LogP contribution in [0.2, 0.25) is 0 Å². The smallest absolute Gasteiger partial charge is 0.161 e. The fourth-order valence-electron chi connectivity index (χ4n) is 1.53. The molecule has 3 nitrogen and oxygen atoms in total. The van der Waals surface area contributed by atoms with Crippen LogP contribution in [-0.4, -0.2) is 42.2 Å². The molecule has 0 spiro atoms. The molecule has 1 saturated heterocycles. The monoisotopic (exact) mass is 207 g/mol. The van der Waals surface area contributed by atoms with E-state index in [1.54, 1.807) is 7.05 Å². The number of rotatable bonds is 3. The summed E-state index contributed by atoms with van der Waals surface area (Å²) in [6.07, 6.45) is -1.13. The van der Waals surface area contributed by atoms with E-state index >= 15 is 0 Å². The average Bonchev–Trinajstić information content (AvgIpc) is 2.45. The van der Waals surface area contributed by atoms with Gasteiger partial charge in [-0.2, -0.15) is 0 Å². The molecule has 0 radical (unpaired) electrons. The van der Waals surface area contributed by atoms with Gasteiger partial charge in [0.25, 0.3) is 0 Å². The van der Waals surface area contributed by atoms with E-state index in [4.69, 9.17) is 9.84 Å². The molecule has 0 aromatic heterocycles. The van der Waals surface area contributed by atoms with Crippen molar-refractivity contribution in [2.45, 2.75) is 31.8 Å². The van der Waals surface area contributed by atoms with Crippen LogP contribution in [0.25, 0.3) is 0 Å². The van der Waals surface area contributed by atoms with Gasteiger partial charge in [0.15, 0.2) is 6.23 Å². The lowest BCUT2D eigenvalue weighted by Crippen LogP contribution is -2.33. The summed E-state index contributed by atoms with van der Waals surface area (Å²) in [7, 11) is 1.54. The quantitative estimate of drug-likeness (QED) is 0.754. The van der Waals surface area contributed by atoms with Gasteiger partial charge < -0.3 is 14.7 Å². The lowest BCUT2D eigenvalue weighted by Gasteiger charge is -2.23. The number of alkyl halides is 1. The number of aliphatic hydroxyl groups excluding tert-OH is 1. The molecule has 1 heterocycles. The van der Waals surface area contributed by atoms with Crippen molar-refractivity contribution in [3.63, 3.8) is 0 Å². The third-order valence-electron chi connectivity index (χ3n) is 2.12. The van der Waals surface area contributed by atoms with Gasteiger partial charge in [-0.15, -0.1) is 0 Å². The van der Waals surface area contributed by atoms with Crippen LogP contribution in [0.15, 0.2) is 12.0 Å². The Hall–Kier alpha value is -0.680.